The minimum atomic E-state index is -1.23. The summed E-state index contributed by atoms with van der Waals surface area (Å²) >= 11 is 5.58. The lowest BCUT2D eigenvalue weighted by Gasteiger charge is -2.16. The molecule has 0 saturated heterocycles. The third-order valence-electron chi connectivity index (χ3n) is 1.84. The third kappa shape index (κ3) is 2.20. The molecule has 0 bridgehead atoms. The van der Waals surface area contributed by atoms with Gasteiger partial charge in [-0.05, 0) is 13.0 Å². The van der Waals surface area contributed by atoms with Crippen molar-refractivity contribution in [2.75, 3.05) is 0 Å². The second-order valence-corrected chi connectivity index (χ2v) is 3.49. The summed E-state index contributed by atoms with van der Waals surface area (Å²) in [5, 5.41) is 9.32. The van der Waals surface area contributed by atoms with Crippen LogP contribution in [0.2, 0.25) is 5.02 Å². The van der Waals surface area contributed by atoms with E-state index < -0.39 is 23.8 Å². The van der Waals surface area contributed by atoms with Gasteiger partial charge in [0.2, 0.25) is 0 Å². The number of nitrogens with two attached hydrogens (primary N) is 1. The molecule has 2 nitrogen and oxygen atoms in total. The quantitative estimate of drug-likeness (QED) is 0.803. The summed E-state index contributed by atoms with van der Waals surface area (Å²) in [6.45, 7) is 1.50. The lowest BCUT2D eigenvalue weighted by molar-refractivity contribution is 0.149. The molecule has 1 rings (SSSR count). The average molecular weight is 222 g/mol. The van der Waals surface area contributed by atoms with Crippen molar-refractivity contribution in [3.63, 3.8) is 0 Å². The van der Waals surface area contributed by atoms with Gasteiger partial charge in [0.1, 0.15) is 11.6 Å². The van der Waals surface area contributed by atoms with Crippen LogP contribution >= 0.6 is 11.6 Å². The molecule has 0 aliphatic carbocycles. The molecule has 0 aliphatic heterocycles. The van der Waals surface area contributed by atoms with Crippen LogP contribution in [0.1, 0.15) is 18.6 Å². The molecule has 0 radical (unpaired) electrons. The fraction of sp³-hybridized carbons (Fsp3) is 0.333. The zero-order valence-electron chi connectivity index (χ0n) is 7.47. The lowest BCUT2D eigenvalue weighted by atomic mass is 10.0. The number of halogens is 3. The van der Waals surface area contributed by atoms with E-state index >= 15 is 0 Å². The maximum atomic E-state index is 13.2. The fourth-order valence-electron chi connectivity index (χ4n) is 1.10. The van der Waals surface area contributed by atoms with E-state index in [0.29, 0.717) is 6.07 Å². The van der Waals surface area contributed by atoms with Gasteiger partial charge in [-0.3, -0.25) is 0 Å². The van der Waals surface area contributed by atoms with Gasteiger partial charge >= 0.3 is 0 Å². The van der Waals surface area contributed by atoms with Crippen LogP contribution < -0.4 is 5.73 Å². The first-order valence-corrected chi connectivity index (χ1v) is 4.39. The van der Waals surface area contributed by atoms with E-state index in [1.165, 1.54) is 6.92 Å². The number of hydrogen-bond acceptors (Lipinski definition) is 2. The summed E-state index contributed by atoms with van der Waals surface area (Å²) in [6.07, 6.45) is -1.23. The molecule has 1 aromatic rings. The van der Waals surface area contributed by atoms with Crippen molar-refractivity contribution < 1.29 is 13.9 Å². The van der Waals surface area contributed by atoms with Crippen LogP contribution in [0.4, 0.5) is 8.78 Å². The van der Waals surface area contributed by atoms with Crippen LogP contribution in [-0.4, -0.2) is 11.1 Å². The van der Waals surface area contributed by atoms with Crippen molar-refractivity contribution in [2.24, 2.45) is 5.73 Å². The molecule has 0 aliphatic rings. The lowest BCUT2D eigenvalue weighted by Crippen LogP contribution is -2.25. The van der Waals surface area contributed by atoms with Gasteiger partial charge in [0.15, 0.2) is 0 Å². The van der Waals surface area contributed by atoms with Crippen molar-refractivity contribution in [1.82, 2.24) is 0 Å². The van der Waals surface area contributed by atoms with Crippen LogP contribution in [0.5, 0.6) is 0 Å². The van der Waals surface area contributed by atoms with Crippen LogP contribution in [0.15, 0.2) is 12.1 Å². The smallest absolute Gasteiger partial charge is 0.133 e. The van der Waals surface area contributed by atoms with Crippen molar-refractivity contribution in [2.45, 2.75) is 19.1 Å². The van der Waals surface area contributed by atoms with Gasteiger partial charge in [-0.2, -0.15) is 0 Å². The molecular weight excluding hydrogens is 212 g/mol. The molecule has 0 unspecified atom stereocenters. The zero-order chi connectivity index (χ0) is 10.9. The Morgan fingerprint density at radius 1 is 1.43 bits per heavy atom. The highest BCUT2D eigenvalue weighted by molar-refractivity contribution is 6.31. The summed E-state index contributed by atoms with van der Waals surface area (Å²) in [4.78, 5) is 0. The van der Waals surface area contributed by atoms with Gasteiger partial charge in [0, 0.05) is 17.7 Å². The summed E-state index contributed by atoms with van der Waals surface area (Å²) in [5.41, 5.74) is 5.21. The minimum Gasteiger partial charge on any atom is -0.387 e. The molecule has 3 N–H and O–H groups in total. The first-order valence-electron chi connectivity index (χ1n) is 4.01. The Labute approximate surface area is 85.3 Å². The molecule has 0 saturated carbocycles. The van der Waals surface area contributed by atoms with Crippen molar-refractivity contribution in [3.05, 3.63) is 34.4 Å². The SMILES string of the molecule is C[C@H](N)[C@H](O)c1c(F)cc(F)cc1Cl. The van der Waals surface area contributed by atoms with Gasteiger partial charge in [0.05, 0.1) is 11.1 Å². The van der Waals surface area contributed by atoms with Crippen molar-refractivity contribution in [1.29, 1.82) is 0 Å². The Bertz CT molecular complexity index is 321. The maximum absolute atomic E-state index is 13.2. The second-order valence-electron chi connectivity index (χ2n) is 3.09. The molecule has 78 valence electrons. The second kappa shape index (κ2) is 4.21. The van der Waals surface area contributed by atoms with Crippen LogP contribution in [0.25, 0.3) is 0 Å². The third-order valence-corrected chi connectivity index (χ3v) is 2.15. The van der Waals surface area contributed by atoms with E-state index in [2.05, 4.69) is 0 Å². The van der Waals surface area contributed by atoms with Gasteiger partial charge in [-0.25, -0.2) is 8.78 Å². The van der Waals surface area contributed by atoms with E-state index in [9.17, 15) is 13.9 Å². The first kappa shape index (κ1) is 11.4. The maximum Gasteiger partial charge on any atom is 0.133 e. The number of rotatable bonds is 2. The van der Waals surface area contributed by atoms with Crippen LogP contribution in [0.3, 0.4) is 0 Å². The largest absolute Gasteiger partial charge is 0.387 e. The summed E-state index contributed by atoms with van der Waals surface area (Å²) in [7, 11) is 0. The number of aliphatic hydroxyl groups excluding tert-OH is 1. The Morgan fingerprint density at radius 3 is 2.43 bits per heavy atom. The van der Waals surface area contributed by atoms with Gasteiger partial charge in [-0.15, -0.1) is 0 Å². The Balaban J connectivity index is 3.20. The van der Waals surface area contributed by atoms with Gasteiger partial charge in [-0.1, -0.05) is 11.6 Å². The van der Waals surface area contributed by atoms with Crippen molar-refractivity contribution >= 4 is 11.6 Å². The fourth-order valence-corrected chi connectivity index (χ4v) is 1.41. The molecule has 14 heavy (non-hydrogen) atoms. The number of aliphatic hydroxyl groups is 1. The molecule has 0 fully saturated rings. The molecule has 1 aromatic carbocycles. The van der Waals surface area contributed by atoms with Crippen LogP contribution in [-0.2, 0) is 0 Å². The summed E-state index contributed by atoms with van der Waals surface area (Å²) < 4.78 is 25.8. The van der Waals surface area contributed by atoms with E-state index in [1.54, 1.807) is 0 Å². The average Bonchev–Trinajstić information content (AvgIpc) is 2.01. The summed E-state index contributed by atoms with van der Waals surface area (Å²) in [6, 6.07) is 0.922. The molecule has 0 amide bonds. The van der Waals surface area contributed by atoms with E-state index in [0.717, 1.165) is 6.07 Å². The van der Waals surface area contributed by atoms with E-state index in [4.69, 9.17) is 17.3 Å². The highest BCUT2D eigenvalue weighted by atomic mass is 35.5. The molecular formula is C9H10ClF2NO. The number of benzene rings is 1. The van der Waals surface area contributed by atoms with E-state index in [1.807, 2.05) is 0 Å². The molecule has 5 heteroatoms. The zero-order valence-corrected chi connectivity index (χ0v) is 8.22. The Morgan fingerprint density at radius 2 is 2.00 bits per heavy atom. The molecule has 2 atom stereocenters. The van der Waals surface area contributed by atoms with Crippen LogP contribution in [0, 0.1) is 11.6 Å². The monoisotopic (exact) mass is 221 g/mol. The Kier molecular flexibility index (Phi) is 3.42. The minimum absolute atomic E-state index is 0.160. The predicted molar refractivity (Wildman–Crippen MR) is 50.0 cm³/mol. The Hall–Kier alpha value is -0.710. The standard InChI is InChI=1S/C9H10ClF2NO/c1-4(13)9(14)8-6(10)2-5(11)3-7(8)12/h2-4,9,14H,13H2,1H3/t4-,9-/m0/s1. The predicted octanol–water partition coefficient (Wildman–Crippen LogP) is 2.00. The first-order chi connectivity index (χ1) is 6.43. The topological polar surface area (TPSA) is 46.2 Å². The van der Waals surface area contributed by atoms with E-state index in [-0.39, 0.29) is 10.6 Å². The molecule has 0 spiro atoms. The highest BCUT2D eigenvalue weighted by Gasteiger charge is 2.20. The van der Waals surface area contributed by atoms with Gasteiger partial charge in [0.25, 0.3) is 0 Å². The molecule has 0 heterocycles. The normalized spacial score (nSPS) is 15.3. The van der Waals surface area contributed by atoms with Crippen molar-refractivity contribution in [3.8, 4) is 0 Å². The molecule has 0 aromatic heterocycles. The van der Waals surface area contributed by atoms with Gasteiger partial charge < -0.3 is 10.8 Å². The highest BCUT2D eigenvalue weighted by Crippen LogP contribution is 2.28. The summed E-state index contributed by atoms with van der Waals surface area (Å²) in [5.74, 6) is -1.67. The number of hydrogen-bond donors (Lipinski definition) is 2.